The van der Waals surface area contributed by atoms with Crippen LogP contribution in [0.3, 0.4) is 0 Å². The minimum atomic E-state index is -3.44. The number of Topliss-reactive ketones (excluding diaryl/α,β-unsaturated/α-hetero) is 2. The summed E-state index contributed by atoms with van der Waals surface area (Å²) in [5, 5.41) is 0. The molecule has 5 aliphatic carbocycles. The third kappa shape index (κ3) is 3.61. The van der Waals surface area contributed by atoms with Gasteiger partial charge in [0.25, 0.3) is 0 Å². The lowest BCUT2D eigenvalue weighted by Gasteiger charge is -2.72. The first kappa shape index (κ1) is 28.0. The van der Waals surface area contributed by atoms with Crippen molar-refractivity contribution in [1.82, 2.24) is 4.72 Å². The molecule has 6 nitrogen and oxygen atoms in total. The molecule has 0 aromatic carbocycles. The highest BCUT2D eigenvalue weighted by Gasteiger charge is 2.72. The normalized spacial score (nSPS) is 47.5. The molecule has 0 bridgehead atoms. The summed E-state index contributed by atoms with van der Waals surface area (Å²) < 4.78 is 28.3. The van der Waals surface area contributed by atoms with Crippen molar-refractivity contribution in [2.24, 2.45) is 50.7 Å². The van der Waals surface area contributed by atoms with E-state index >= 15 is 0 Å². The quantitative estimate of drug-likeness (QED) is 0.438. The second kappa shape index (κ2) is 8.03. The zero-order chi connectivity index (χ0) is 28.3. The van der Waals surface area contributed by atoms with Gasteiger partial charge in [-0.1, -0.05) is 54.5 Å². The highest BCUT2D eigenvalue weighted by atomic mass is 32.2. The summed E-state index contributed by atoms with van der Waals surface area (Å²) in [6.45, 7) is 23.1. The van der Waals surface area contributed by atoms with E-state index in [0.717, 1.165) is 44.9 Å². The van der Waals surface area contributed by atoms with Gasteiger partial charge in [0.15, 0.2) is 5.78 Å². The molecule has 1 N–H and O–H groups in total. The van der Waals surface area contributed by atoms with Crippen molar-refractivity contribution in [1.29, 1.82) is 0 Å². The van der Waals surface area contributed by atoms with Crippen LogP contribution in [0.2, 0.25) is 0 Å². The number of allylic oxidation sites excluding steroid dienone is 2. The van der Waals surface area contributed by atoms with E-state index in [1.807, 2.05) is 19.9 Å². The average Bonchev–Trinajstić information content (AvgIpc) is 2.78. The molecule has 0 heterocycles. The van der Waals surface area contributed by atoms with Gasteiger partial charge in [0.1, 0.15) is 5.78 Å². The average molecular weight is 543 g/mol. The maximum Gasteiger partial charge on any atom is 0.226 e. The Bertz CT molecular complexity index is 1270. The van der Waals surface area contributed by atoms with Gasteiger partial charge in [-0.15, -0.1) is 0 Å². The predicted octanol–water partition coefficient (Wildman–Crippen LogP) is 5.94. The molecule has 5 rings (SSSR count). The van der Waals surface area contributed by atoms with Gasteiger partial charge in [-0.3, -0.25) is 4.79 Å². The highest BCUT2D eigenvalue weighted by Crippen LogP contribution is 2.74. The predicted molar refractivity (Wildman–Crippen MR) is 148 cm³/mol. The lowest BCUT2D eigenvalue weighted by Crippen LogP contribution is -2.72. The lowest BCUT2D eigenvalue weighted by atomic mass is 9.32. The molecular formula is C31H46N2O4S. The summed E-state index contributed by atoms with van der Waals surface area (Å²) in [6, 6.07) is 0. The third-order valence-electron chi connectivity index (χ3n) is 12.8. The molecule has 0 spiro atoms. The van der Waals surface area contributed by atoms with Crippen molar-refractivity contribution < 1.29 is 18.0 Å². The number of carbonyl (C=O) groups excluding carboxylic acids is 2. The second-order valence-corrected chi connectivity index (χ2v) is 17.4. The Morgan fingerprint density at radius 2 is 1.55 bits per heavy atom. The summed E-state index contributed by atoms with van der Waals surface area (Å²) in [4.78, 5) is 31.4. The van der Waals surface area contributed by atoms with E-state index < -0.39 is 26.4 Å². The van der Waals surface area contributed by atoms with Crippen LogP contribution < -0.4 is 4.72 Å². The Kier molecular flexibility index (Phi) is 5.92. The fourth-order valence-corrected chi connectivity index (χ4v) is 11.9. The maximum atomic E-state index is 14.5. The summed E-state index contributed by atoms with van der Waals surface area (Å²) in [7, 11) is -3.44. The van der Waals surface area contributed by atoms with Crippen LogP contribution in [0.1, 0.15) is 99.8 Å². The Labute approximate surface area is 229 Å². The molecule has 0 radical (unpaired) electrons. The zero-order valence-corrected chi connectivity index (χ0v) is 25.3. The van der Waals surface area contributed by atoms with E-state index in [4.69, 9.17) is 6.57 Å². The first-order chi connectivity index (χ1) is 17.3. The maximum absolute atomic E-state index is 14.5. The number of carbonyl (C=O) groups is 2. The minimum absolute atomic E-state index is 0.0331. The Morgan fingerprint density at radius 3 is 2.16 bits per heavy atom. The van der Waals surface area contributed by atoms with Crippen LogP contribution in [0.5, 0.6) is 0 Å². The van der Waals surface area contributed by atoms with Gasteiger partial charge in [0.05, 0.1) is 12.8 Å². The monoisotopic (exact) mass is 542 g/mol. The molecule has 2 unspecified atom stereocenters. The fourth-order valence-electron chi connectivity index (χ4n) is 10.8. The van der Waals surface area contributed by atoms with Crippen molar-refractivity contribution in [3.8, 4) is 0 Å². The van der Waals surface area contributed by atoms with E-state index in [1.165, 1.54) is 6.26 Å². The minimum Gasteiger partial charge on any atom is -0.307 e. The molecule has 0 aliphatic heterocycles. The van der Waals surface area contributed by atoms with Gasteiger partial charge in [-0.05, 0) is 84.4 Å². The van der Waals surface area contributed by atoms with Crippen molar-refractivity contribution in [2.75, 3.05) is 6.26 Å². The molecule has 210 valence electrons. The van der Waals surface area contributed by atoms with Crippen LogP contribution in [-0.4, -0.2) is 31.8 Å². The van der Waals surface area contributed by atoms with Crippen molar-refractivity contribution in [2.45, 2.75) is 105 Å². The number of hydrogen-bond donors (Lipinski definition) is 1. The summed E-state index contributed by atoms with van der Waals surface area (Å²) >= 11 is 0. The van der Waals surface area contributed by atoms with Gasteiger partial charge < -0.3 is 4.79 Å². The molecule has 0 saturated heterocycles. The Morgan fingerprint density at radius 1 is 0.921 bits per heavy atom. The summed E-state index contributed by atoms with van der Waals surface area (Å²) in [5.74, 6) is 0.0824. The van der Waals surface area contributed by atoms with Crippen LogP contribution in [0.4, 0.5) is 0 Å². The first-order valence-electron chi connectivity index (χ1n) is 14.4. The molecule has 0 aromatic rings. The van der Waals surface area contributed by atoms with E-state index in [9.17, 15) is 18.0 Å². The topological polar surface area (TPSA) is 84.7 Å². The number of nitrogens with one attached hydrogen (secondary N) is 1. The number of sulfonamides is 1. The fraction of sp³-hybridized carbons (Fsp3) is 0.839. The SMILES string of the molecule is [C-]#[N+]C1=C[C@]2(C)[C@H]3CC(=O)C4C5CC(C)(C)CC[C@]5(NS(C)(=O)=O)CC[C@@]4(C)[C@]3(C)CC[C@H]2C(C)(C)C1=O. The van der Waals surface area contributed by atoms with Gasteiger partial charge in [0.2, 0.25) is 15.7 Å². The van der Waals surface area contributed by atoms with Crippen molar-refractivity contribution in [3.63, 3.8) is 0 Å². The Hall–Kier alpha value is -1.52. The number of hydrogen-bond acceptors (Lipinski definition) is 4. The van der Waals surface area contributed by atoms with Crippen LogP contribution >= 0.6 is 0 Å². The van der Waals surface area contributed by atoms with E-state index in [0.29, 0.717) is 6.42 Å². The molecule has 4 fully saturated rings. The molecule has 5 aliphatic rings. The lowest BCUT2D eigenvalue weighted by molar-refractivity contribution is -0.214. The number of nitrogens with zero attached hydrogens (tertiary/aromatic N) is 1. The number of ketones is 2. The van der Waals surface area contributed by atoms with Crippen LogP contribution in [0, 0.1) is 57.3 Å². The number of fused-ring (bicyclic) bond motifs is 7. The molecule has 7 heteroatoms. The first-order valence-corrected chi connectivity index (χ1v) is 16.3. The van der Waals surface area contributed by atoms with Crippen LogP contribution in [-0.2, 0) is 19.6 Å². The largest absolute Gasteiger partial charge is 0.307 e. The molecular weight excluding hydrogens is 496 g/mol. The van der Waals surface area contributed by atoms with Gasteiger partial charge in [-0.25, -0.2) is 18.0 Å². The van der Waals surface area contributed by atoms with Crippen molar-refractivity contribution in [3.05, 3.63) is 23.2 Å². The smallest absolute Gasteiger partial charge is 0.226 e. The molecule has 0 amide bonds. The van der Waals surface area contributed by atoms with E-state index in [-0.39, 0.29) is 57.2 Å². The highest BCUT2D eigenvalue weighted by molar-refractivity contribution is 7.88. The summed E-state index contributed by atoms with van der Waals surface area (Å²) in [6.07, 6.45) is 9.56. The van der Waals surface area contributed by atoms with Gasteiger partial charge in [0, 0.05) is 23.3 Å². The van der Waals surface area contributed by atoms with Crippen molar-refractivity contribution >= 4 is 21.6 Å². The van der Waals surface area contributed by atoms with Crippen LogP contribution in [0.25, 0.3) is 4.85 Å². The molecule has 8 atom stereocenters. The van der Waals surface area contributed by atoms with Crippen LogP contribution in [0.15, 0.2) is 11.8 Å². The molecule has 0 aromatic heterocycles. The number of rotatable bonds is 2. The summed E-state index contributed by atoms with van der Waals surface area (Å²) in [5.41, 5.74) is -1.78. The standard InChI is InChI=1S/C31H46N2O4S/c1-26(2)12-14-31(33-38(9,36)37)15-13-30(7)24(19(31)17-26)21(34)16-23-28(5)18-20(32-8)25(35)27(3,4)22(28)10-11-29(23,30)6/h18-19,22-24,33H,10-17H2,1-7,9H3/t19?,22-,23+,24?,28-,29+,30+,31-/m0/s1. The molecule has 4 saturated carbocycles. The van der Waals surface area contributed by atoms with E-state index in [2.05, 4.69) is 44.2 Å². The molecule has 38 heavy (non-hydrogen) atoms. The van der Waals surface area contributed by atoms with E-state index in [1.54, 1.807) is 0 Å². The Balaban J connectivity index is 1.64. The zero-order valence-electron chi connectivity index (χ0n) is 24.5. The third-order valence-corrected chi connectivity index (χ3v) is 13.6. The van der Waals surface area contributed by atoms with Gasteiger partial charge >= 0.3 is 0 Å². The second-order valence-electron chi connectivity index (χ2n) is 15.7. The van der Waals surface area contributed by atoms with Gasteiger partial charge in [-0.2, -0.15) is 0 Å².